The zero-order chi connectivity index (χ0) is 22.4. The molecular formula is C25H24N6OS. The molecule has 1 unspecified atom stereocenters. The molecule has 5 aromatic rings. The molecule has 0 bridgehead atoms. The van der Waals surface area contributed by atoms with Crippen LogP contribution in [0.5, 0.6) is 0 Å². The van der Waals surface area contributed by atoms with Gasteiger partial charge in [0.15, 0.2) is 5.82 Å². The fourth-order valence-electron chi connectivity index (χ4n) is 4.77. The number of fused-ring (bicyclic) bond motifs is 2. The van der Waals surface area contributed by atoms with E-state index in [1.807, 2.05) is 65.1 Å². The summed E-state index contributed by atoms with van der Waals surface area (Å²) in [6.07, 6.45) is 2.35. The van der Waals surface area contributed by atoms with Gasteiger partial charge in [-0.05, 0) is 36.8 Å². The van der Waals surface area contributed by atoms with Crippen LogP contribution in [0.15, 0.2) is 60.2 Å². The molecule has 1 aliphatic rings. The predicted octanol–water partition coefficient (Wildman–Crippen LogP) is 4.45. The second-order valence-electron chi connectivity index (χ2n) is 8.52. The molecule has 33 heavy (non-hydrogen) atoms. The second-order valence-corrected chi connectivity index (χ2v) is 9.36. The van der Waals surface area contributed by atoms with Crippen molar-refractivity contribution in [3.8, 4) is 11.5 Å². The Hall–Kier alpha value is -3.65. The molecule has 0 aliphatic carbocycles. The maximum Gasteiger partial charge on any atom is 0.227 e. The van der Waals surface area contributed by atoms with Gasteiger partial charge in [0, 0.05) is 42.8 Å². The fourth-order valence-corrected chi connectivity index (χ4v) is 5.61. The first-order valence-electron chi connectivity index (χ1n) is 11.2. The second kappa shape index (κ2) is 8.04. The van der Waals surface area contributed by atoms with Gasteiger partial charge in [-0.2, -0.15) is 0 Å². The van der Waals surface area contributed by atoms with Crippen LogP contribution in [0, 0.1) is 0 Å². The van der Waals surface area contributed by atoms with E-state index in [0.29, 0.717) is 13.0 Å². The Morgan fingerprint density at radius 3 is 2.88 bits per heavy atom. The maximum atomic E-state index is 13.2. The van der Waals surface area contributed by atoms with Gasteiger partial charge in [-0.1, -0.05) is 24.3 Å². The van der Waals surface area contributed by atoms with Gasteiger partial charge in [0.2, 0.25) is 5.91 Å². The van der Waals surface area contributed by atoms with Crippen molar-refractivity contribution in [1.29, 1.82) is 0 Å². The van der Waals surface area contributed by atoms with Crippen molar-refractivity contribution in [3.05, 3.63) is 65.8 Å². The maximum absolute atomic E-state index is 13.2. The number of aromatic nitrogens is 4. The molecule has 2 N–H and O–H groups in total. The average Bonchev–Trinajstić information content (AvgIpc) is 3.57. The Labute approximate surface area is 195 Å². The number of para-hydroxylation sites is 2. The number of rotatable bonds is 4. The zero-order valence-electron chi connectivity index (χ0n) is 18.3. The third-order valence-electron chi connectivity index (χ3n) is 6.42. The van der Waals surface area contributed by atoms with Crippen LogP contribution < -0.4 is 4.90 Å². The number of hydrogen-bond acceptors (Lipinski definition) is 5. The number of H-pyrrole nitrogens is 2. The van der Waals surface area contributed by atoms with E-state index in [9.17, 15) is 4.79 Å². The Kier molecular flexibility index (Phi) is 4.87. The Bertz CT molecular complexity index is 1420. The van der Waals surface area contributed by atoms with Crippen molar-refractivity contribution >= 4 is 44.2 Å². The van der Waals surface area contributed by atoms with Gasteiger partial charge in [0.1, 0.15) is 10.7 Å². The molecule has 4 heterocycles. The largest absolute Gasteiger partial charge is 0.361 e. The summed E-state index contributed by atoms with van der Waals surface area (Å²) in [7, 11) is 0. The van der Waals surface area contributed by atoms with E-state index in [2.05, 4.69) is 26.8 Å². The number of benzene rings is 2. The third kappa shape index (κ3) is 3.56. The number of carbonyl (C=O) groups is 1. The topological polar surface area (TPSA) is 80.9 Å². The first-order valence-corrected chi connectivity index (χ1v) is 12.0. The molecule has 1 atom stereocenters. The number of thiazole rings is 1. The molecule has 0 radical (unpaired) electrons. The molecule has 1 fully saturated rings. The number of anilines is 1. The smallest absolute Gasteiger partial charge is 0.227 e. The third-order valence-corrected chi connectivity index (χ3v) is 7.31. The van der Waals surface area contributed by atoms with Crippen molar-refractivity contribution < 1.29 is 4.79 Å². The number of nitrogens with zero attached hydrogens (tertiary/aromatic N) is 4. The van der Waals surface area contributed by atoms with E-state index in [1.54, 1.807) is 11.3 Å². The van der Waals surface area contributed by atoms with E-state index in [0.717, 1.165) is 57.1 Å². The quantitative estimate of drug-likeness (QED) is 0.419. The lowest BCUT2D eigenvalue weighted by Crippen LogP contribution is -2.54. The summed E-state index contributed by atoms with van der Waals surface area (Å²) in [5.74, 6) is 0.968. The van der Waals surface area contributed by atoms with E-state index >= 15 is 0 Å². The van der Waals surface area contributed by atoms with Crippen LogP contribution in [0.1, 0.15) is 12.5 Å². The number of piperazine rings is 1. The average molecular weight is 457 g/mol. The summed E-state index contributed by atoms with van der Waals surface area (Å²) in [5, 5.41) is 2.22. The lowest BCUT2D eigenvalue weighted by Gasteiger charge is -2.40. The van der Waals surface area contributed by atoms with E-state index in [4.69, 9.17) is 4.98 Å². The molecule has 2 aromatic carbocycles. The summed E-state index contributed by atoms with van der Waals surface area (Å²) < 4.78 is 0. The Balaban J connectivity index is 1.19. The molecular weight excluding hydrogens is 432 g/mol. The highest BCUT2D eigenvalue weighted by Crippen LogP contribution is 2.34. The molecule has 0 saturated carbocycles. The van der Waals surface area contributed by atoms with Gasteiger partial charge in [0.25, 0.3) is 0 Å². The number of amides is 1. The molecule has 0 spiro atoms. The molecule has 1 amide bonds. The van der Waals surface area contributed by atoms with Crippen molar-refractivity contribution in [2.45, 2.75) is 19.4 Å². The molecule has 8 heteroatoms. The van der Waals surface area contributed by atoms with Gasteiger partial charge in [-0.15, -0.1) is 11.3 Å². The van der Waals surface area contributed by atoms with Crippen LogP contribution in [-0.4, -0.2) is 56.4 Å². The highest BCUT2D eigenvalue weighted by Gasteiger charge is 2.30. The minimum absolute atomic E-state index is 0.113. The van der Waals surface area contributed by atoms with Crippen molar-refractivity contribution in [1.82, 2.24) is 24.8 Å². The van der Waals surface area contributed by atoms with E-state index in [1.165, 1.54) is 0 Å². The van der Waals surface area contributed by atoms with Gasteiger partial charge in [0.05, 0.1) is 23.0 Å². The normalized spacial score (nSPS) is 16.7. The summed E-state index contributed by atoms with van der Waals surface area (Å²) in [6, 6.07) is 16.3. The first kappa shape index (κ1) is 20.0. The summed E-state index contributed by atoms with van der Waals surface area (Å²) in [6.45, 7) is 4.37. The zero-order valence-corrected chi connectivity index (χ0v) is 19.1. The highest BCUT2D eigenvalue weighted by molar-refractivity contribution is 7.14. The lowest BCUT2D eigenvalue weighted by atomic mass is 10.1. The van der Waals surface area contributed by atoms with Gasteiger partial charge in [-0.3, -0.25) is 4.79 Å². The lowest BCUT2D eigenvalue weighted by molar-refractivity contribution is -0.132. The van der Waals surface area contributed by atoms with Crippen LogP contribution in [0.4, 0.5) is 5.00 Å². The van der Waals surface area contributed by atoms with Crippen LogP contribution in [0.2, 0.25) is 0 Å². The summed E-state index contributed by atoms with van der Waals surface area (Å²) in [5.41, 5.74) is 6.84. The van der Waals surface area contributed by atoms with E-state index in [-0.39, 0.29) is 11.9 Å². The predicted molar refractivity (Wildman–Crippen MR) is 133 cm³/mol. The minimum atomic E-state index is 0.113. The monoisotopic (exact) mass is 456 g/mol. The van der Waals surface area contributed by atoms with Crippen LogP contribution in [0.25, 0.3) is 33.5 Å². The van der Waals surface area contributed by atoms with Crippen LogP contribution in [0.3, 0.4) is 0 Å². The van der Waals surface area contributed by atoms with Gasteiger partial charge in [-0.25, -0.2) is 9.97 Å². The standard InChI is InChI=1S/C25H24N6OS/c1-16-14-30(25-23(27-15-33-25)24-28-20-6-2-3-7-21(20)29-24)11-12-31(16)22(32)13-17-5-4-8-19-18(17)9-10-26-19/h2-10,15-16,26H,11-14H2,1H3,(H,28,29). The molecule has 166 valence electrons. The molecule has 6 rings (SSSR count). The van der Waals surface area contributed by atoms with Crippen molar-refractivity contribution in [3.63, 3.8) is 0 Å². The van der Waals surface area contributed by atoms with Gasteiger partial charge >= 0.3 is 0 Å². The summed E-state index contributed by atoms with van der Waals surface area (Å²) >= 11 is 1.63. The Morgan fingerprint density at radius 1 is 1.12 bits per heavy atom. The molecule has 3 aromatic heterocycles. The van der Waals surface area contributed by atoms with Crippen molar-refractivity contribution in [2.24, 2.45) is 0 Å². The number of imidazole rings is 1. The highest BCUT2D eigenvalue weighted by atomic mass is 32.1. The molecule has 7 nitrogen and oxygen atoms in total. The number of carbonyl (C=O) groups excluding carboxylic acids is 1. The first-order chi connectivity index (χ1) is 16.2. The number of aromatic amines is 2. The minimum Gasteiger partial charge on any atom is -0.361 e. The van der Waals surface area contributed by atoms with E-state index < -0.39 is 0 Å². The van der Waals surface area contributed by atoms with Crippen LogP contribution >= 0.6 is 11.3 Å². The Morgan fingerprint density at radius 2 is 2.00 bits per heavy atom. The van der Waals surface area contributed by atoms with Crippen LogP contribution in [-0.2, 0) is 11.2 Å². The number of nitrogens with one attached hydrogen (secondary N) is 2. The molecule has 1 aliphatic heterocycles. The molecule has 1 saturated heterocycles. The fraction of sp³-hybridized carbons (Fsp3) is 0.240. The van der Waals surface area contributed by atoms with Crippen molar-refractivity contribution in [2.75, 3.05) is 24.5 Å². The number of hydrogen-bond donors (Lipinski definition) is 2. The summed E-state index contributed by atoms with van der Waals surface area (Å²) in [4.78, 5) is 33.5. The SMILES string of the molecule is CC1CN(c2scnc2-c2nc3ccccc3[nH]2)CCN1C(=O)Cc1cccc2[nH]ccc12. The van der Waals surface area contributed by atoms with Gasteiger partial charge < -0.3 is 19.8 Å².